The number of hydrogen-bond donors (Lipinski definition) is 3. The summed E-state index contributed by atoms with van der Waals surface area (Å²) in [5.74, 6) is 0.289. The monoisotopic (exact) mass is 943 g/mol. The summed E-state index contributed by atoms with van der Waals surface area (Å²) < 4.78 is 30.7. The number of carbonyl (C=O) groups is 3. The number of H-pyrrole nitrogens is 3. The number of benzene rings is 1. The van der Waals surface area contributed by atoms with Crippen LogP contribution in [0.15, 0.2) is 53.4 Å². The molecule has 3 fully saturated rings. The van der Waals surface area contributed by atoms with Crippen molar-refractivity contribution in [2.75, 3.05) is 99.7 Å². The molecule has 6 aliphatic rings. The molecule has 3 aliphatic heterocycles. The number of fused-ring (bicyclic) bond motifs is 3. The zero-order valence-electron chi connectivity index (χ0n) is 38.9. The number of piperazine rings is 3. The lowest BCUT2D eigenvalue weighted by Gasteiger charge is -2.32. The predicted octanol–water partition coefficient (Wildman–Crippen LogP) is 4.83. The van der Waals surface area contributed by atoms with Crippen LogP contribution >= 0.6 is 11.6 Å². The fourth-order valence-electron chi connectivity index (χ4n) is 9.40. The average Bonchev–Trinajstić information content (AvgIpc) is 4.07. The number of aryl methyl sites for hydroxylation is 4. The summed E-state index contributed by atoms with van der Waals surface area (Å²) >= 11 is 6.18. The number of carbonyl (C=O) groups excluding carboxylic acids is 3. The first kappa shape index (κ1) is 47.8. The van der Waals surface area contributed by atoms with E-state index in [1.807, 2.05) is 39.8 Å². The van der Waals surface area contributed by atoms with E-state index in [0.717, 1.165) is 139 Å². The molecule has 2 unspecified atom stereocenters. The van der Waals surface area contributed by atoms with Gasteiger partial charge in [-0.25, -0.2) is 0 Å². The SMILES string of the molecule is CN1CCN(C(=O)c2cc3c([nH]2)CCC(Cl)C3)CC1.CN1CCN(C(=O)c2cc3c([nH]2)CCC=C3)CC1.Cc1ccc(S(=O)(=O)OC2CCc3[nH]c(C(=O)N4CCN(C)CC4)cc3C2)cc1. The zero-order valence-corrected chi connectivity index (χ0v) is 40.5. The summed E-state index contributed by atoms with van der Waals surface area (Å²) in [5.41, 5.74) is 9.86. The van der Waals surface area contributed by atoms with Gasteiger partial charge in [0, 0.05) is 107 Å². The number of hydrogen-bond acceptors (Lipinski definition) is 9. The first-order chi connectivity index (χ1) is 31.7. The summed E-state index contributed by atoms with van der Waals surface area (Å²) in [5, 5.41) is 0.217. The van der Waals surface area contributed by atoms with Gasteiger partial charge in [-0.2, -0.15) is 8.42 Å². The van der Waals surface area contributed by atoms with Crippen molar-refractivity contribution in [3.63, 3.8) is 0 Å². The van der Waals surface area contributed by atoms with Crippen LogP contribution in [0.1, 0.15) is 90.1 Å². The molecule has 0 bridgehead atoms. The van der Waals surface area contributed by atoms with E-state index in [-0.39, 0.29) is 28.0 Å². The molecular formula is C49H66ClN9O6S. The fourth-order valence-corrected chi connectivity index (χ4v) is 10.8. The number of halogens is 1. The Balaban J connectivity index is 0.000000140. The molecule has 15 nitrogen and oxygen atoms in total. The van der Waals surface area contributed by atoms with E-state index in [9.17, 15) is 22.8 Å². The number of rotatable bonds is 6. The molecule has 3 saturated heterocycles. The highest BCUT2D eigenvalue weighted by atomic mass is 35.5. The Labute approximate surface area is 394 Å². The van der Waals surface area contributed by atoms with E-state index in [1.165, 1.54) is 22.5 Å². The van der Waals surface area contributed by atoms with Gasteiger partial charge in [-0.05, 0) is 120 Å². The molecule has 10 rings (SSSR count). The summed E-state index contributed by atoms with van der Waals surface area (Å²) in [6, 6.07) is 12.5. The van der Waals surface area contributed by atoms with Gasteiger partial charge in [0.25, 0.3) is 27.8 Å². The van der Waals surface area contributed by atoms with Gasteiger partial charge >= 0.3 is 0 Å². The second-order valence-electron chi connectivity index (χ2n) is 18.8. The van der Waals surface area contributed by atoms with Crippen LogP contribution in [-0.4, -0.2) is 182 Å². The number of nitrogens with one attached hydrogen (secondary N) is 3. The van der Waals surface area contributed by atoms with Crippen LogP contribution in [0.3, 0.4) is 0 Å². The summed E-state index contributed by atoms with van der Waals surface area (Å²) in [4.78, 5) is 60.1. The lowest BCUT2D eigenvalue weighted by molar-refractivity contribution is 0.0652. The van der Waals surface area contributed by atoms with Crippen LogP contribution in [0.25, 0.3) is 6.08 Å². The van der Waals surface area contributed by atoms with Gasteiger partial charge in [-0.15, -0.1) is 11.6 Å². The van der Waals surface area contributed by atoms with Crippen molar-refractivity contribution in [2.45, 2.75) is 74.7 Å². The second-order valence-corrected chi connectivity index (χ2v) is 21.0. The number of allylic oxidation sites excluding steroid dienone is 1. The molecule has 0 radical (unpaired) electrons. The maximum absolute atomic E-state index is 12.8. The van der Waals surface area contributed by atoms with Crippen molar-refractivity contribution in [1.82, 2.24) is 44.4 Å². The van der Waals surface area contributed by atoms with E-state index in [1.54, 1.807) is 24.3 Å². The minimum atomic E-state index is -3.80. The van der Waals surface area contributed by atoms with Crippen molar-refractivity contribution < 1.29 is 27.0 Å². The van der Waals surface area contributed by atoms with Gasteiger partial charge in [0.05, 0.1) is 11.0 Å². The quantitative estimate of drug-likeness (QED) is 0.182. The van der Waals surface area contributed by atoms with Crippen molar-refractivity contribution in [3.05, 3.63) is 105 Å². The van der Waals surface area contributed by atoms with Gasteiger partial charge in [-0.1, -0.05) is 29.8 Å². The molecule has 4 aromatic rings. The molecule has 0 saturated carbocycles. The van der Waals surface area contributed by atoms with Crippen molar-refractivity contribution in [3.8, 4) is 0 Å². The Morgan fingerprint density at radius 2 is 1.06 bits per heavy atom. The Kier molecular flexibility index (Phi) is 15.3. The number of nitrogens with zero attached hydrogens (tertiary/aromatic N) is 6. The van der Waals surface area contributed by atoms with Crippen LogP contribution in [0.4, 0.5) is 0 Å². The second kappa shape index (κ2) is 21.1. The van der Waals surface area contributed by atoms with Crippen LogP contribution in [0.2, 0.25) is 0 Å². The lowest BCUT2D eigenvalue weighted by Crippen LogP contribution is -2.47. The third-order valence-corrected chi connectivity index (χ3v) is 15.5. The van der Waals surface area contributed by atoms with E-state index >= 15 is 0 Å². The zero-order chi connectivity index (χ0) is 46.5. The fraction of sp³-hybridized carbons (Fsp3) is 0.531. The molecule has 356 valence electrons. The molecule has 3 aromatic heterocycles. The highest BCUT2D eigenvalue weighted by Crippen LogP contribution is 2.29. The largest absolute Gasteiger partial charge is 0.354 e. The topological polar surface area (TPSA) is 161 Å². The standard InChI is InChI=1S/C21H27N3O4S.C14H20ClN3O.C14H19N3O/c1-15-3-6-18(7-4-15)29(26,27)28-17-5-8-19-16(13-17)14-20(22-19)21(25)24-11-9-23(2)10-12-24;1-17-4-6-18(7-5-17)14(19)13-9-10-8-11(15)2-3-12(10)16-13;1-16-6-8-17(9-7-16)14(18)13-10-11-4-2-3-5-12(11)15-13/h3-4,6-7,14,17,22H,5,8-13H2,1-2H3;9,11,16H,2-8H2,1H3;2,4,10,15H,3,5-9H2,1H3. The summed E-state index contributed by atoms with van der Waals surface area (Å²) in [6.45, 7) is 12.2. The van der Waals surface area contributed by atoms with E-state index in [0.29, 0.717) is 25.0 Å². The maximum atomic E-state index is 12.8. The summed E-state index contributed by atoms with van der Waals surface area (Å²) in [6.07, 6.45) is 10.5. The molecule has 1 aromatic carbocycles. The Bertz CT molecular complexity index is 2470. The maximum Gasteiger partial charge on any atom is 0.297 e. The van der Waals surface area contributed by atoms with E-state index in [4.69, 9.17) is 15.8 Å². The van der Waals surface area contributed by atoms with Gasteiger partial charge in [-0.3, -0.25) is 18.6 Å². The van der Waals surface area contributed by atoms with Crippen LogP contribution < -0.4 is 0 Å². The Morgan fingerprint density at radius 1 is 0.606 bits per heavy atom. The molecule has 6 heterocycles. The molecule has 3 aliphatic carbocycles. The first-order valence-corrected chi connectivity index (χ1v) is 25.4. The molecule has 2 atom stereocenters. The van der Waals surface area contributed by atoms with Crippen molar-refractivity contribution in [1.29, 1.82) is 0 Å². The average molecular weight is 945 g/mol. The number of amides is 3. The van der Waals surface area contributed by atoms with Crippen molar-refractivity contribution >= 4 is 45.5 Å². The van der Waals surface area contributed by atoms with Crippen molar-refractivity contribution in [2.24, 2.45) is 0 Å². The predicted molar refractivity (Wildman–Crippen MR) is 257 cm³/mol. The van der Waals surface area contributed by atoms with Crippen LogP contribution in [0.5, 0.6) is 0 Å². The first-order valence-electron chi connectivity index (χ1n) is 23.6. The van der Waals surface area contributed by atoms with E-state index in [2.05, 4.69) is 62.9 Å². The minimum absolute atomic E-state index is 0.0113. The van der Waals surface area contributed by atoms with Gasteiger partial charge in [0.1, 0.15) is 17.1 Å². The highest BCUT2D eigenvalue weighted by Gasteiger charge is 2.30. The smallest absolute Gasteiger partial charge is 0.297 e. The Hall–Kier alpha value is -4.71. The number of alkyl halides is 1. The summed E-state index contributed by atoms with van der Waals surface area (Å²) in [7, 11) is 2.44. The van der Waals surface area contributed by atoms with Gasteiger partial charge in [0.15, 0.2) is 0 Å². The number of aromatic nitrogens is 3. The van der Waals surface area contributed by atoms with Crippen LogP contribution in [-0.2, 0) is 46.4 Å². The van der Waals surface area contributed by atoms with E-state index < -0.39 is 16.2 Å². The normalized spacial score (nSPS) is 21.4. The number of likely N-dealkylation sites (N-methyl/N-ethyl adjacent to an activating group) is 3. The van der Waals surface area contributed by atoms with Gasteiger partial charge < -0.3 is 44.4 Å². The molecule has 66 heavy (non-hydrogen) atoms. The Morgan fingerprint density at radius 3 is 1.56 bits per heavy atom. The lowest BCUT2D eigenvalue weighted by atomic mass is 9.95. The third-order valence-electron chi connectivity index (χ3n) is 13.7. The molecule has 17 heteroatoms. The minimum Gasteiger partial charge on any atom is -0.354 e. The molecule has 0 spiro atoms. The highest BCUT2D eigenvalue weighted by molar-refractivity contribution is 7.86. The van der Waals surface area contributed by atoms with Crippen LogP contribution in [0, 0.1) is 6.92 Å². The molecule has 3 amide bonds. The number of aromatic amines is 3. The van der Waals surface area contributed by atoms with Gasteiger partial charge in [0.2, 0.25) is 0 Å². The molecule has 3 N–H and O–H groups in total. The molecular weight excluding hydrogens is 878 g/mol. The third kappa shape index (κ3) is 11.7.